The largest absolute Gasteiger partial charge is 0.497 e. The van der Waals surface area contributed by atoms with E-state index in [2.05, 4.69) is 5.32 Å². The molecule has 0 aliphatic rings. The second kappa shape index (κ2) is 10.9. The van der Waals surface area contributed by atoms with Crippen LogP contribution < -0.4 is 24.3 Å². The monoisotopic (exact) mass is 359 g/mol. The van der Waals surface area contributed by atoms with Gasteiger partial charge >= 0.3 is 0 Å². The Morgan fingerprint density at radius 1 is 0.885 bits per heavy atom. The zero-order valence-electron chi connectivity index (χ0n) is 15.2. The number of methoxy groups -OCH3 is 1. The number of carbonyl (C=O) groups excluding carboxylic acids is 1. The molecule has 1 amide bonds. The second-order valence-corrected chi connectivity index (χ2v) is 5.46. The first-order valence-electron chi connectivity index (χ1n) is 8.61. The van der Waals surface area contributed by atoms with Gasteiger partial charge in [0.25, 0.3) is 5.91 Å². The van der Waals surface area contributed by atoms with Crippen LogP contribution in [0, 0.1) is 0 Å². The lowest BCUT2D eigenvalue weighted by atomic mass is 10.3. The Hall–Kier alpha value is -2.89. The van der Waals surface area contributed by atoms with Crippen LogP contribution in [0.15, 0.2) is 48.5 Å². The minimum absolute atomic E-state index is 0.0744. The van der Waals surface area contributed by atoms with Gasteiger partial charge in [0, 0.05) is 0 Å². The van der Waals surface area contributed by atoms with E-state index >= 15 is 0 Å². The first kappa shape index (κ1) is 19.4. The summed E-state index contributed by atoms with van der Waals surface area (Å²) in [5.41, 5.74) is 0. The van der Waals surface area contributed by atoms with Gasteiger partial charge in [-0.2, -0.15) is 0 Å². The Morgan fingerprint density at radius 3 is 2.19 bits per heavy atom. The predicted octanol–water partition coefficient (Wildman–Crippen LogP) is 3.06. The van der Waals surface area contributed by atoms with Crippen LogP contribution in [-0.2, 0) is 4.79 Å². The van der Waals surface area contributed by atoms with Crippen molar-refractivity contribution < 1.29 is 23.7 Å². The van der Waals surface area contributed by atoms with Crippen LogP contribution in [0.3, 0.4) is 0 Å². The molecule has 26 heavy (non-hydrogen) atoms. The molecule has 0 atom stereocenters. The van der Waals surface area contributed by atoms with Gasteiger partial charge in [-0.15, -0.1) is 0 Å². The zero-order valence-corrected chi connectivity index (χ0v) is 15.2. The summed E-state index contributed by atoms with van der Waals surface area (Å²) < 4.78 is 21.8. The summed E-state index contributed by atoms with van der Waals surface area (Å²) in [5.74, 6) is 2.48. The van der Waals surface area contributed by atoms with Crippen LogP contribution in [0.5, 0.6) is 23.0 Å². The number of rotatable bonds is 11. The molecule has 0 aliphatic carbocycles. The molecular formula is C20H25NO5. The molecule has 0 heterocycles. The van der Waals surface area contributed by atoms with Crippen molar-refractivity contribution in [3.63, 3.8) is 0 Å². The summed E-state index contributed by atoms with van der Waals surface area (Å²) >= 11 is 0. The van der Waals surface area contributed by atoms with E-state index in [1.165, 1.54) is 0 Å². The smallest absolute Gasteiger partial charge is 0.258 e. The lowest BCUT2D eigenvalue weighted by Gasteiger charge is -2.12. The summed E-state index contributed by atoms with van der Waals surface area (Å²) in [6.45, 7) is 3.33. The molecule has 0 aliphatic heterocycles. The molecule has 2 rings (SSSR count). The lowest BCUT2D eigenvalue weighted by molar-refractivity contribution is -0.123. The van der Waals surface area contributed by atoms with E-state index in [0.717, 1.165) is 17.9 Å². The summed E-state index contributed by atoms with van der Waals surface area (Å²) in [5, 5.41) is 2.75. The number of carbonyl (C=O) groups is 1. The van der Waals surface area contributed by atoms with Crippen molar-refractivity contribution in [2.45, 2.75) is 13.3 Å². The Labute approximate surface area is 154 Å². The van der Waals surface area contributed by atoms with Gasteiger partial charge in [-0.05, 0) is 42.8 Å². The number of hydrogen-bond acceptors (Lipinski definition) is 5. The highest BCUT2D eigenvalue weighted by molar-refractivity contribution is 5.77. The van der Waals surface area contributed by atoms with Gasteiger partial charge in [0.1, 0.15) is 18.1 Å². The molecule has 0 bridgehead atoms. The van der Waals surface area contributed by atoms with Gasteiger partial charge in [0.05, 0.1) is 20.3 Å². The summed E-state index contributed by atoms with van der Waals surface area (Å²) in [6, 6.07) is 14.6. The SMILES string of the molecule is CCCOc1ccccc1OCC(=O)NCCOc1ccc(OC)cc1. The molecule has 2 aromatic rings. The molecular weight excluding hydrogens is 334 g/mol. The van der Waals surface area contributed by atoms with E-state index in [9.17, 15) is 4.79 Å². The van der Waals surface area contributed by atoms with Crippen LogP contribution in [0.1, 0.15) is 13.3 Å². The third kappa shape index (κ3) is 6.55. The second-order valence-electron chi connectivity index (χ2n) is 5.46. The zero-order chi connectivity index (χ0) is 18.6. The Morgan fingerprint density at radius 2 is 1.54 bits per heavy atom. The molecule has 0 unspecified atom stereocenters. The maximum Gasteiger partial charge on any atom is 0.258 e. The molecule has 0 radical (unpaired) electrons. The van der Waals surface area contributed by atoms with Crippen LogP contribution >= 0.6 is 0 Å². The lowest BCUT2D eigenvalue weighted by Crippen LogP contribution is -2.32. The molecule has 0 aromatic heterocycles. The summed E-state index contributed by atoms with van der Waals surface area (Å²) in [7, 11) is 1.61. The van der Waals surface area contributed by atoms with Crippen LogP contribution in [0.25, 0.3) is 0 Å². The molecule has 0 fully saturated rings. The number of benzene rings is 2. The van der Waals surface area contributed by atoms with E-state index < -0.39 is 0 Å². The van der Waals surface area contributed by atoms with Crippen molar-refractivity contribution >= 4 is 5.91 Å². The fraction of sp³-hybridized carbons (Fsp3) is 0.350. The van der Waals surface area contributed by atoms with Gasteiger partial charge in [-0.25, -0.2) is 0 Å². The highest BCUT2D eigenvalue weighted by Gasteiger charge is 2.07. The standard InChI is InChI=1S/C20H25NO5/c1-3-13-25-18-6-4-5-7-19(18)26-15-20(22)21-12-14-24-17-10-8-16(23-2)9-11-17/h4-11H,3,12-15H2,1-2H3,(H,21,22). The first-order valence-corrected chi connectivity index (χ1v) is 8.61. The minimum atomic E-state index is -0.214. The van der Waals surface area contributed by atoms with Gasteiger partial charge in [0.2, 0.25) is 0 Å². The Kier molecular flexibility index (Phi) is 8.12. The number of hydrogen-bond donors (Lipinski definition) is 1. The topological polar surface area (TPSA) is 66.0 Å². The fourth-order valence-electron chi connectivity index (χ4n) is 2.13. The van der Waals surface area contributed by atoms with E-state index in [4.69, 9.17) is 18.9 Å². The minimum Gasteiger partial charge on any atom is -0.497 e. The molecule has 6 heteroatoms. The van der Waals surface area contributed by atoms with Crippen LogP contribution in [-0.4, -0.2) is 39.4 Å². The number of nitrogens with one attached hydrogen (secondary N) is 1. The number of amides is 1. The number of ether oxygens (including phenoxy) is 4. The van der Waals surface area contributed by atoms with Gasteiger partial charge < -0.3 is 24.3 Å². The van der Waals surface area contributed by atoms with Gasteiger partial charge in [-0.1, -0.05) is 19.1 Å². The highest BCUT2D eigenvalue weighted by atomic mass is 16.5. The number of para-hydroxylation sites is 2. The van der Waals surface area contributed by atoms with Crippen molar-refractivity contribution in [3.05, 3.63) is 48.5 Å². The Bertz CT molecular complexity index is 672. The van der Waals surface area contributed by atoms with E-state index in [1.54, 1.807) is 13.2 Å². The molecule has 0 saturated heterocycles. The maximum atomic E-state index is 11.9. The third-order valence-corrected chi connectivity index (χ3v) is 3.42. The van der Waals surface area contributed by atoms with E-state index in [-0.39, 0.29) is 12.5 Å². The van der Waals surface area contributed by atoms with Crippen molar-refractivity contribution in [2.75, 3.05) is 33.5 Å². The highest BCUT2D eigenvalue weighted by Crippen LogP contribution is 2.26. The molecule has 6 nitrogen and oxygen atoms in total. The first-order chi connectivity index (χ1) is 12.7. The van der Waals surface area contributed by atoms with Crippen molar-refractivity contribution in [1.29, 1.82) is 0 Å². The maximum absolute atomic E-state index is 11.9. The van der Waals surface area contributed by atoms with Crippen LogP contribution in [0.2, 0.25) is 0 Å². The summed E-state index contributed by atoms with van der Waals surface area (Å²) in [6.07, 6.45) is 0.906. The predicted molar refractivity (Wildman–Crippen MR) is 99.2 cm³/mol. The average molecular weight is 359 g/mol. The molecule has 2 aromatic carbocycles. The van der Waals surface area contributed by atoms with Gasteiger partial charge in [-0.3, -0.25) is 4.79 Å². The third-order valence-electron chi connectivity index (χ3n) is 3.42. The normalized spacial score (nSPS) is 10.1. The molecule has 140 valence electrons. The Balaban J connectivity index is 1.67. The van der Waals surface area contributed by atoms with Crippen molar-refractivity contribution in [3.8, 4) is 23.0 Å². The molecule has 0 spiro atoms. The average Bonchev–Trinajstić information content (AvgIpc) is 2.69. The van der Waals surface area contributed by atoms with Crippen molar-refractivity contribution in [2.24, 2.45) is 0 Å². The van der Waals surface area contributed by atoms with E-state index in [1.807, 2.05) is 49.4 Å². The quantitative estimate of drug-likeness (QED) is 0.625. The van der Waals surface area contributed by atoms with Gasteiger partial charge in [0.15, 0.2) is 18.1 Å². The van der Waals surface area contributed by atoms with Crippen LogP contribution in [0.4, 0.5) is 0 Å². The molecule has 0 saturated carbocycles. The van der Waals surface area contributed by atoms with E-state index in [0.29, 0.717) is 31.3 Å². The fourth-order valence-corrected chi connectivity index (χ4v) is 2.13. The summed E-state index contributed by atoms with van der Waals surface area (Å²) in [4.78, 5) is 11.9. The molecule has 1 N–H and O–H groups in total. The van der Waals surface area contributed by atoms with Crippen molar-refractivity contribution in [1.82, 2.24) is 5.32 Å².